The van der Waals surface area contributed by atoms with Crippen LogP contribution in [0, 0.1) is 0 Å². The Bertz CT molecular complexity index is 641. The van der Waals surface area contributed by atoms with Crippen LogP contribution >= 0.6 is 0 Å². The molecule has 0 aliphatic heterocycles. The Balaban J connectivity index is 0. The number of pyridine rings is 1. The van der Waals surface area contributed by atoms with Crippen molar-refractivity contribution in [1.29, 1.82) is 0 Å². The van der Waals surface area contributed by atoms with Crippen molar-refractivity contribution in [2.24, 2.45) is 0 Å². The molecule has 1 heterocycles. The number of aromatic amines is 1. The third-order valence-corrected chi connectivity index (χ3v) is 2.86. The van der Waals surface area contributed by atoms with Gasteiger partial charge in [0.25, 0.3) is 0 Å². The third-order valence-electron chi connectivity index (χ3n) is 1.72. The maximum absolute atomic E-state index is 10.7. The van der Waals surface area contributed by atoms with Crippen LogP contribution in [0.2, 0.25) is 0 Å². The zero-order valence-electron chi connectivity index (χ0n) is 11.6. The number of nitrogens with one attached hydrogen (secondary N) is 1. The smallest absolute Gasteiger partial charge is 0.485 e. The minimum atomic E-state index is -6.09. The zero-order valence-corrected chi connectivity index (χ0v) is 13.2. The summed E-state index contributed by atoms with van der Waals surface area (Å²) in [6.45, 7) is 2.13. The SMILES string of the molecule is CCc1cccc[nH+]1.O=S(=O)([O-])C(F)(F)F.O=S(=O)([O-])C(F)(F)F. The summed E-state index contributed by atoms with van der Waals surface area (Å²) in [6, 6.07) is 6.11. The lowest BCUT2D eigenvalue weighted by atomic mass is 10.3. The van der Waals surface area contributed by atoms with Crippen LogP contribution < -0.4 is 4.98 Å². The van der Waals surface area contributed by atoms with E-state index in [2.05, 4.69) is 18.0 Å². The average molecular weight is 406 g/mol. The van der Waals surface area contributed by atoms with Crippen LogP contribution in [0.15, 0.2) is 24.4 Å². The lowest BCUT2D eigenvalue weighted by molar-refractivity contribution is -0.389. The van der Waals surface area contributed by atoms with E-state index >= 15 is 0 Å². The molecule has 0 aliphatic rings. The summed E-state index contributed by atoms with van der Waals surface area (Å²) in [5, 5.41) is 0. The van der Waals surface area contributed by atoms with Gasteiger partial charge in [-0.05, 0) is 0 Å². The Kier molecular flexibility index (Phi) is 9.45. The molecule has 1 aromatic rings. The summed E-state index contributed by atoms with van der Waals surface area (Å²) < 4.78 is 118. The van der Waals surface area contributed by atoms with Crippen molar-refractivity contribution < 1.29 is 57.3 Å². The molecule has 24 heavy (non-hydrogen) atoms. The van der Waals surface area contributed by atoms with E-state index in [1.54, 1.807) is 0 Å². The lowest BCUT2D eigenvalue weighted by Crippen LogP contribution is -2.21. The van der Waals surface area contributed by atoms with Gasteiger partial charge >= 0.3 is 11.0 Å². The topological polar surface area (TPSA) is 129 Å². The first kappa shape index (κ1) is 24.8. The van der Waals surface area contributed by atoms with Crippen LogP contribution in [-0.2, 0) is 26.7 Å². The summed E-state index contributed by atoms with van der Waals surface area (Å²) in [5.74, 6) is 0. The van der Waals surface area contributed by atoms with Crippen molar-refractivity contribution in [3.8, 4) is 0 Å². The average Bonchev–Trinajstić information content (AvgIpc) is 2.36. The van der Waals surface area contributed by atoms with E-state index in [1.165, 1.54) is 5.69 Å². The molecule has 0 aliphatic carbocycles. The van der Waals surface area contributed by atoms with Gasteiger partial charge in [0.2, 0.25) is 0 Å². The number of alkyl halides is 6. The van der Waals surface area contributed by atoms with Crippen LogP contribution in [0.25, 0.3) is 0 Å². The molecule has 7 nitrogen and oxygen atoms in total. The van der Waals surface area contributed by atoms with Gasteiger partial charge in [0.1, 0.15) is 0 Å². The Morgan fingerprint density at radius 3 is 1.38 bits per heavy atom. The summed E-state index contributed by atoms with van der Waals surface area (Å²) in [7, 11) is -12.2. The highest BCUT2D eigenvalue weighted by molar-refractivity contribution is 7.86. The van der Waals surface area contributed by atoms with Crippen molar-refractivity contribution in [2.75, 3.05) is 0 Å². The number of aromatic nitrogens is 1. The number of hydrogen-bond acceptors (Lipinski definition) is 6. The number of halogens is 6. The zero-order chi connectivity index (χ0) is 19.8. The molecule has 1 N–H and O–H groups in total. The fraction of sp³-hybridized carbons (Fsp3) is 0.444. The molecule has 0 amide bonds. The fourth-order valence-electron chi connectivity index (χ4n) is 0.650. The van der Waals surface area contributed by atoms with E-state index < -0.39 is 31.3 Å². The van der Waals surface area contributed by atoms with E-state index in [4.69, 9.17) is 25.9 Å². The van der Waals surface area contributed by atoms with Gasteiger partial charge in [-0.2, -0.15) is 26.3 Å². The van der Waals surface area contributed by atoms with Crippen molar-refractivity contribution in [3.05, 3.63) is 30.1 Å². The van der Waals surface area contributed by atoms with E-state index in [0.717, 1.165) is 6.42 Å². The van der Waals surface area contributed by atoms with Crippen LogP contribution in [0.3, 0.4) is 0 Å². The van der Waals surface area contributed by atoms with Gasteiger partial charge in [0.15, 0.2) is 32.1 Å². The molecular formula is C9H10F6NO6S2-. The van der Waals surface area contributed by atoms with Gasteiger partial charge in [-0.3, -0.25) is 0 Å². The number of H-pyrrole nitrogens is 1. The molecule has 0 spiro atoms. The molecule has 0 fully saturated rings. The quantitative estimate of drug-likeness (QED) is 0.391. The molecule has 142 valence electrons. The molecule has 0 bridgehead atoms. The molecule has 1 aromatic heterocycles. The van der Waals surface area contributed by atoms with Crippen LogP contribution in [0.5, 0.6) is 0 Å². The summed E-state index contributed by atoms with van der Waals surface area (Å²) in [5.41, 5.74) is -10.0. The second-order valence-corrected chi connectivity index (χ2v) is 6.28. The molecule has 0 unspecified atom stereocenters. The highest BCUT2D eigenvalue weighted by atomic mass is 32.2. The molecule has 1 rings (SSSR count). The van der Waals surface area contributed by atoms with E-state index in [0.29, 0.717) is 0 Å². The number of hydrogen-bond donors (Lipinski definition) is 0. The molecular weight excluding hydrogens is 396 g/mol. The lowest BCUT2D eigenvalue weighted by Gasteiger charge is -2.08. The van der Waals surface area contributed by atoms with Gasteiger partial charge < -0.3 is 9.11 Å². The first-order valence-corrected chi connectivity index (χ1v) is 8.25. The molecule has 15 heteroatoms. The van der Waals surface area contributed by atoms with Crippen molar-refractivity contribution >= 4 is 20.2 Å². The van der Waals surface area contributed by atoms with Crippen molar-refractivity contribution in [1.82, 2.24) is 0 Å². The summed E-state index contributed by atoms with van der Waals surface area (Å²) in [6.07, 6.45) is 3.03. The molecule has 0 atom stereocenters. The van der Waals surface area contributed by atoms with Crippen LogP contribution in [0.1, 0.15) is 12.6 Å². The first-order chi connectivity index (χ1) is 10.4. The standard InChI is InChI=1S/C7H9N.2CHF3O3S/c1-2-7-5-3-4-6-8-7;2*2-1(3,4)8(5,6)7/h3-6H,2H2,1H3;2*(H,5,6,7)/p-1. The molecule has 0 radical (unpaired) electrons. The van der Waals surface area contributed by atoms with Gasteiger partial charge in [-0.25, -0.2) is 21.8 Å². The maximum Gasteiger partial charge on any atom is 0.485 e. The molecule has 0 saturated heterocycles. The largest absolute Gasteiger partial charge is 0.741 e. The Hall–Kier alpha value is -1.45. The van der Waals surface area contributed by atoms with Gasteiger partial charge in [0.05, 0.1) is 0 Å². The van der Waals surface area contributed by atoms with E-state index in [1.807, 2.05) is 18.3 Å². The van der Waals surface area contributed by atoms with Crippen LogP contribution in [-0.4, -0.2) is 37.0 Å². The van der Waals surface area contributed by atoms with E-state index in [-0.39, 0.29) is 0 Å². The summed E-state index contributed by atoms with van der Waals surface area (Å²) in [4.78, 5) is 3.12. The van der Waals surface area contributed by atoms with Crippen molar-refractivity contribution in [2.45, 2.75) is 24.4 Å². The van der Waals surface area contributed by atoms with Gasteiger partial charge in [0, 0.05) is 18.6 Å². The predicted octanol–water partition coefficient (Wildman–Crippen LogP) is 1.17. The predicted molar refractivity (Wildman–Crippen MR) is 63.9 cm³/mol. The Labute approximate surface area is 132 Å². The highest BCUT2D eigenvalue weighted by Crippen LogP contribution is 2.21. The summed E-state index contributed by atoms with van der Waals surface area (Å²) >= 11 is 0. The monoisotopic (exact) mass is 406 g/mol. The van der Waals surface area contributed by atoms with Crippen molar-refractivity contribution in [3.63, 3.8) is 0 Å². The first-order valence-electron chi connectivity index (χ1n) is 5.43. The third kappa shape index (κ3) is 11.1. The van der Waals surface area contributed by atoms with Gasteiger partial charge in [-0.1, -0.05) is 13.0 Å². The van der Waals surface area contributed by atoms with Crippen LogP contribution in [0.4, 0.5) is 26.3 Å². The Morgan fingerprint density at radius 2 is 1.25 bits per heavy atom. The maximum atomic E-state index is 10.7. The molecule has 0 aromatic carbocycles. The van der Waals surface area contributed by atoms with Gasteiger partial charge in [-0.15, -0.1) is 0 Å². The second-order valence-electron chi connectivity index (χ2n) is 3.54. The van der Waals surface area contributed by atoms with E-state index in [9.17, 15) is 26.3 Å². The second kappa shape index (κ2) is 9.14. The minimum Gasteiger partial charge on any atom is -0.741 e. The fourth-order valence-corrected chi connectivity index (χ4v) is 0.650. The minimum absolute atomic E-state index is 1.08. The normalized spacial score (nSPS) is 12.4. The number of rotatable bonds is 1. The molecule has 0 saturated carbocycles. The Morgan fingerprint density at radius 1 is 0.917 bits per heavy atom. The highest BCUT2D eigenvalue weighted by Gasteiger charge is 2.37. The number of aryl methyl sites for hydroxylation is 1.